The summed E-state index contributed by atoms with van der Waals surface area (Å²) >= 11 is 0. The van der Waals surface area contributed by atoms with Crippen molar-refractivity contribution >= 4 is 5.78 Å². The van der Waals surface area contributed by atoms with Crippen molar-refractivity contribution in [3.8, 4) is 0 Å². The SMILES string of the molecule is O=C(CC1CCCC1)C(F)(F)C(F)F. The maximum Gasteiger partial charge on any atom is 0.364 e. The summed E-state index contributed by atoms with van der Waals surface area (Å²) in [6, 6.07) is 0. The number of halogens is 4. The minimum atomic E-state index is -4.46. The van der Waals surface area contributed by atoms with Crippen LogP contribution in [0, 0.1) is 5.92 Å². The van der Waals surface area contributed by atoms with Crippen molar-refractivity contribution in [2.24, 2.45) is 5.92 Å². The summed E-state index contributed by atoms with van der Waals surface area (Å²) < 4.78 is 48.5. The summed E-state index contributed by atoms with van der Waals surface area (Å²) in [6.07, 6.45) is -1.08. The molecule has 5 heteroatoms. The van der Waals surface area contributed by atoms with Crippen LogP contribution in [0.5, 0.6) is 0 Å². The number of carbonyl (C=O) groups is 1. The van der Waals surface area contributed by atoms with Gasteiger partial charge in [-0.05, 0) is 5.92 Å². The number of Topliss-reactive ketones (excluding diaryl/α,β-unsaturated/α-hetero) is 1. The molecular weight excluding hydrogens is 200 g/mol. The molecule has 0 aliphatic heterocycles. The number of alkyl halides is 4. The van der Waals surface area contributed by atoms with E-state index < -0.39 is 24.6 Å². The van der Waals surface area contributed by atoms with Crippen LogP contribution in [0.2, 0.25) is 0 Å². The van der Waals surface area contributed by atoms with Gasteiger partial charge in [0.15, 0.2) is 0 Å². The van der Waals surface area contributed by atoms with Crippen molar-refractivity contribution in [1.29, 1.82) is 0 Å². The van der Waals surface area contributed by atoms with Gasteiger partial charge in [-0.3, -0.25) is 4.79 Å². The van der Waals surface area contributed by atoms with Crippen LogP contribution < -0.4 is 0 Å². The Balaban J connectivity index is 2.48. The van der Waals surface area contributed by atoms with Gasteiger partial charge in [-0.25, -0.2) is 8.78 Å². The normalized spacial score (nSPS) is 19.2. The Kier molecular flexibility index (Phi) is 3.50. The molecule has 0 atom stereocenters. The van der Waals surface area contributed by atoms with E-state index in [1.807, 2.05) is 0 Å². The van der Waals surface area contributed by atoms with Gasteiger partial charge in [0.05, 0.1) is 0 Å². The van der Waals surface area contributed by atoms with Crippen LogP contribution in [-0.4, -0.2) is 18.1 Å². The van der Waals surface area contributed by atoms with Crippen molar-refractivity contribution in [2.45, 2.75) is 44.5 Å². The van der Waals surface area contributed by atoms with E-state index in [0.29, 0.717) is 12.8 Å². The van der Waals surface area contributed by atoms with E-state index in [-0.39, 0.29) is 5.92 Å². The number of rotatable bonds is 4. The average molecular weight is 212 g/mol. The molecule has 0 aromatic rings. The molecule has 1 aliphatic rings. The lowest BCUT2D eigenvalue weighted by Crippen LogP contribution is -2.37. The molecule has 0 unspecified atom stereocenters. The predicted molar refractivity (Wildman–Crippen MR) is 42.5 cm³/mol. The highest BCUT2D eigenvalue weighted by atomic mass is 19.3. The minimum Gasteiger partial charge on any atom is -0.293 e. The van der Waals surface area contributed by atoms with Crippen LogP contribution in [0.25, 0.3) is 0 Å². The van der Waals surface area contributed by atoms with E-state index in [4.69, 9.17) is 0 Å². The fraction of sp³-hybridized carbons (Fsp3) is 0.889. The standard InChI is InChI=1S/C9H12F4O/c10-8(11)9(12,13)7(14)5-6-3-1-2-4-6/h6,8H,1-5H2. The highest BCUT2D eigenvalue weighted by Crippen LogP contribution is 2.32. The van der Waals surface area contributed by atoms with Crippen LogP contribution >= 0.6 is 0 Å². The van der Waals surface area contributed by atoms with Gasteiger partial charge in [0.2, 0.25) is 5.78 Å². The van der Waals surface area contributed by atoms with Gasteiger partial charge in [0, 0.05) is 6.42 Å². The first-order valence-corrected chi connectivity index (χ1v) is 4.64. The second-order valence-corrected chi connectivity index (χ2v) is 3.70. The molecule has 0 amide bonds. The lowest BCUT2D eigenvalue weighted by atomic mass is 9.98. The zero-order chi connectivity index (χ0) is 10.8. The summed E-state index contributed by atoms with van der Waals surface area (Å²) in [6.45, 7) is 0. The molecule has 1 fully saturated rings. The van der Waals surface area contributed by atoms with Crippen molar-refractivity contribution in [2.75, 3.05) is 0 Å². The van der Waals surface area contributed by atoms with Gasteiger partial charge in [-0.2, -0.15) is 8.78 Å². The first-order valence-electron chi connectivity index (χ1n) is 4.64. The molecule has 0 heterocycles. The van der Waals surface area contributed by atoms with Crippen molar-refractivity contribution in [1.82, 2.24) is 0 Å². The number of ketones is 1. The Morgan fingerprint density at radius 2 is 1.79 bits per heavy atom. The lowest BCUT2D eigenvalue weighted by molar-refractivity contribution is -0.167. The minimum absolute atomic E-state index is 0.118. The third-order valence-electron chi connectivity index (χ3n) is 2.59. The van der Waals surface area contributed by atoms with E-state index in [2.05, 4.69) is 0 Å². The molecule has 1 rings (SSSR count). The molecule has 14 heavy (non-hydrogen) atoms. The van der Waals surface area contributed by atoms with Crippen molar-refractivity contribution < 1.29 is 22.4 Å². The molecule has 82 valence electrons. The molecule has 1 nitrogen and oxygen atoms in total. The van der Waals surface area contributed by atoms with E-state index in [1.165, 1.54) is 0 Å². The van der Waals surface area contributed by atoms with Gasteiger partial charge in [-0.15, -0.1) is 0 Å². The Bertz CT molecular complexity index is 209. The molecule has 1 aliphatic carbocycles. The van der Waals surface area contributed by atoms with Crippen molar-refractivity contribution in [3.05, 3.63) is 0 Å². The van der Waals surface area contributed by atoms with Gasteiger partial charge >= 0.3 is 12.3 Å². The Hall–Kier alpha value is -0.610. The number of hydrogen-bond donors (Lipinski definition) is 0. The molecule has 0 aromatic heterocycles. The summed E-state index contributed by atoms with van der Waals surface area (Å²) in [5.74, 6) is -6.19. The molecule has 0 aromatic carbocycles. The van der Waals surface area contributed by atoms with Crippen LogP contribution in [0.15, 0.2) is 0 Å². The molecule has 0 bridgehead atoms. The Labute approximate surface area is 79.5 Å². The van der Waals surface area contributed by atoms with Gasteiger partial charge in [0.1, 0.15) is 0 Å². The molecular formula is C9H12F4O. The first-order chi connectivity index (χ1) is 6.44. The quantitative estimate of drug-likeness (QED) is 0.654. The highest BCUT2D eigenvalue weighted by Gasteiger charge is 2.48. The summed E-state index contributed by atoms with van der Waals surface area (Å²) in [7, 11) is 0. The van der Waals surface area contributed by atoms with Crippen molar-refractivity contribution in [3.63, 3.8) is 0 Å². The fourth-order valence-corrected chi connectivity index (χ4v) is 1.73. The number of hydrogen-bond acceptors (Lipinski definition) is 1. The molecule has 0 saturated heterocycles. The second kappa shape index (κ2) is 4.28. The second-order valence-electron chi connectivity index (χ2n) is 3.70. The third kappa shape index (κ3) is 2.45. The fourth-order valence-electron chi connectivity index (χ4n) is 1.73. The van der Waals surface area contributed by atoms with Gasteiger partial charge in [0.25, 0.3) is 0 Å². The maximum absolute atomic E-state index is 12.5. The van der Waals surface area contributed by atoms with E-state index >= 15 is 0 Å². The summed E-state index contributed by atoms with van der Waals surface area (Å²) in [4.78, 5) is 10.8. The number of carbonyl (C=O) groups excluding carboxylic acids is 1. The topological polar surface area (TPSA) is 17.1 Å². The third-order valence-corrected chi connectivity index (χ3v) is 2.59. The van der Waals surface area contributed by atoms with E-state index in [0.717, 1.165) is 12.8 Å². The highest BCUT2D eigenvalue weighted by molar-refractivity contribution is 5.86. The zero-order valence-electron chi connectivity index (χ0n) is 7.61. The van der Waals surface area contributed by atoms with Crippen LogP contribution in [0.3, 0.4) is 0 Å². The molecule has 0 N–H and O–H groups in total. The Morgan fingerprint density at radius 3 is 2.21 bits per heavy atom. The lowest BCUT2D eigenvalue weighted by Gasteiger charge is -2.15. The van der Waals surface area contributed by atoms with Gasteiger partial charge < -0.3 is 0 Å². The van der Waals surface area contributed by atoms with Crippen LogP contribution in [0.1, 0.15) is 32.1 Å². The largest absolute Gasteiger partial charge is 0.364 e. The first kappa shape index (κ1) is 11.5. The smallest absolute Gasteiger partial charge is 0.293 e. The summed E-state index contributed by atoms with van der Waals surface area (Å²) in [5.41, 5.74) is 0. The van der Waals surface area contributed by atoms with Crippen LogP contribution in [-0.2, 0) is 4.79 Å². The molecule has 0 spiro atoms. The predicted octanol–water partition coefficient (Wildman–Crippen LogP) is 3.04. The monoisotopic (exact) mass is 212 g/mol. The average Bonchev–Trinajstić information content (AvgIpc) is 2.56. The molecule has 1 saturated carbocycles. The maximum atomic E-state index is 12.5. The molecule has 0 radical (unpaired) electrons. The van der Waals surface area contributed by atoms with E-state index in [1.54, 1.807) is 0 Å². The Morgan fingerprint density at radius 1 is 1.29 bits per heavy atom. The van der Waals surface area contributed by atoms with Gasteiger partial charge in [-0.1, -0.05) is 25.7 Å². The summed E-state index contributed by atoms with van der Waals surface area (Å²) in [5, 5.41) is 0. The van der Waals surface area contributed by atoms with Crippen LogP contribution in [0.4, 0.5) is 17.6 Å². The zero-order valence-corrected chi connectivity index (χ0v) is 7.61. The van der Waals surface area contributed by atoms with E-state index in [9.17, 15) is 22.4 Å².